The van der Waals surface area contributed by atoms with Crippen LogP contribution in [0.4, 0.5) is 18.3 Å². The molecule has 5 nitrogen and oxygen atoms in total. The molecule has 0 fully saturated rings. The van der Waals surface area contributed by atoms with Crippen molar-refractivity contribution < 1.29 is 18.0 Å². The Hall–Kier alpha value is -1.98. The number of thioether (sulfide) groups is 1. The number of nitrogens with zero attached hydrogens (tertiary/aromatic N) is 3. The molecule has 11 heteroatoms. The number of carbonyl (C=O) groups is 1. The van der Waals surface area contributed by atoms with Crippen molar-refractivity contribution in [3.63, 3.8) is 0 Å². The van der Waals surface area contributed by atoms with E-state index in [1.807, 2.05) is 35.7 Å². The maximum absolute atomic E-state index is 12.4. The zero-order valence-electron chi connectivity index (χ0n) is 12.3. The highest BCUT2D eigenvalue weighted by molar-refractivity contribution is 8.01. The molecule has 0 aliphatic rings. The van der Waals surface area contributed by atoms with Crippen LogP contribution in [-0.4, -0.2) is 26.8 Å². The maximum atomic E-state index is 12.4. The van der Waals surface area contributed by atoms with Gasteiger partial charge in [0.15, 0.2) is 4.34 Å². The monoisotopic (exact) mass is 402 g/mol. The van der Waals surface area contributed by atoms with Gasteiger partial charge in [0.25, 0.3) is 0 Å². The fraction of sp³-hybridized carbons (Fsp3) is 0.143. The molecule has 2 heterocycles. The lowest BCUT2D eigenvalue weighted by Gasteiger charge is -2.00. The summed E-state index contributed by atoms with van der Waals surface area (Å²) in [5.74, 6) is -0.450. The zero-order chi connectivity index (χ0) is 17.9. The minimum absolute atomic E-state index is 0.0165. The Kier molecular flexibility index (Phi) is 5.35. The molecule has 130 valence electrons. The van der Waals surface area contributed by atoms with Gasteiger partial charge in [0.2, 0.25) is 16.0 Å². The van der Waals surface area contributed by atoms with Crippen LogP contribution in [-0.2, 0) is 11.0 Å². The quantitative estimate of drug-likeness (QED) is 0.640. The summed E-state index contributed by atoms with van der Waals surface area (Å²) in [4.78, 5) is 16.2. The van der Waals surface area contributed by atoms with Crippen LogP contribution in [0.2, 0.25) is 0 Å². The SMILES string of the molecule is O=C(CSc1nc(-c2ccccc2)cs1)Nc1nnc(C(F)(F)F)s1. The van der Waals surface area contributed by atoms with Crippen molar-refractivity contribution in [3.8, 4) is 11.3 Å². The number of amides is 1. The van der Waals surface area contributed by atoms with E-state index in [4.69, 9.17) is 0 Å². The lowest BCUT2D eigenvalue weighted by molar-refractivity contribution is -0.138. The van der Waals surface area contributed by atoms with Crippen molar-refractivity contribution in [2.24, 2.45) is 0 Å². The fourth-order valence-electron chi connectivity index (χ4n) is 1.74. The molecule has 3 aromatic rings. The van der Waals surface area contributed by atoms with E-state index in [1.165, 1.54) is 23.1 Å². The van der Waals surface area contributed by atoms with Gasteiger partial charge in [-0.3, -0.25) is 10.1 Å². The average Bonchev–Trinajstić information content (AvgIpc) is 3.23. The number of hydrogen-bond acceptors (Lipinski definition) is 7. The molecule has 0 aliphatic heterocycles. The molecule has 3 rings (SSSR count). The van der Waals surface area contributed by atoms with Gasteiger partial charge in [-0.25, -0.2) is 4.98 Å². The number of thiazole rings is 1. The van der Waals surface area contributed by atoms with Gasteiger partial charge in [0.05, 0.1) is 11.4 Å². The van der Waals surface area contributed by atoms with Gasteiger partial charge in [-0.1, -0.05) is 53.4 Å². The minimum Gasteiger partial charge on any atom is -0.300 e. The molecular weight excluding hydrogens is 393 g/mol. The van der Waals surface area contributed by atoms with Gasteiger partial charge < -0.3 is 0 Å². The molecule has 1 amide bonds. The number of anilines is 1. The molecule has 0 unspecified atom stereocenters. The number of carbonyl (C=O) groups excluding carboxylic acids is 1. The first-order valence-corrected chi connectivity index (χ1v) is 9.44. The summed E-state index contributed by atoms with van der Waals surface area (Å²) in [7, 11) is 0. The third-order valence-corrected chi connectivity index (χ3v) is 5.70. The fourth-order valence-corrected chi connectivity index (χ4v) is 4.00. The Morgan fingerprint density at radius 2 is 1.96 bits per heavy atom. The van der Waals surface area contributed by atoms with E-state index in [-0.39, 0.29) is 22.2 Å². The largest absolute Gasteiger partial charge is 0.445 e. The van der Waals surface area contributed by atoms with Crippen LogP contribution in [0.25, 0.3) is 11.3 Å². The summed E-state index contributed by atoms with van der Waals surface area (Å²) >= 11 is 2.89. The first-order valence-electron chi connectivity index (χ1n) is 6.76. The molecule has 0 radical (unpaired) electrons. The standard InChI is InChI=1S/C14H9F3N4OS3/c15-14(16,17)11-20-21-12(25-11)19-10(22)7-24-13-18-9(6-23-13)8-4-2-1-3-5-8/h1-6H,7H2,(H,19,21,22). The average molecular weight is 402 g/mol. The first kappa shape index (κ1) is 17.8. The van der Waals surface area contributed by atoms with Crippen LogP contribution < -0.4 is 5.32 Å². The number of alkyl halides is 3. The van der Waals surface area contributed by atoms with E-state index >= 15 is 0 Å². The molecule has 2 aromatic heterocycles. The maximum Gasteiger partial charge on any atom is 0.445 e. The Labute approximate surface area is 152 Å². The topological polar surface area (TPSA) is 67.8 Å². The van der Waals surface area contributed by atoms with Crippen molar-refractivity contribution in [2.75, 3.05) is 11.1 Å². The Balaban J connectivity index is 1.54. The van der Waals surface area contributed by atoms with Crippen molar-refractivity contribution in [1.29, 1.82) is 0 Å². The predicted molar refractivity (Wildman–Crippen MR) is 91.8 cm³/mol. The predicted octanol–water partition coefficient (Wildman–Crippen LogP) is 4.41. The first-order chi connectivity index (χ1) is 11.9. The van der Waals surface area contributed by atoms with Crippen molar-refractivity contribution >= 4 is 45.5 Å². The van der Waals surface area contributed by atoms with Gasteiger partial charge in [-0.15, -0.1) is 21.5 Å². The summed E-state index contributed by atoms with van der Waals surface area (Å²) in [5, 5.41) is 9.24. The number of benzene rings is 1. The Bertz CT molecular complexity index is 864. The van der Waals surface area contributed by atoms with Crippen LogP contribution >= 0.6 is 34.4 Å². The smallest absolute Gasteiger partial charge is 0.300 e. The number of hydrogen-bond donors (Lipinski definition) is 1. The highest BCUT2D eigenvalue weighted by Gasteiger charge is 2.35. The van der Waals surface area contributed by atoms with Gasteiger partial charge in [-0.05, 0) is 0 Å². The number of aromatic nitrogens is 3. The molecule has 0 atom stereocenters. The van der Waals surface area contributed by atoms with E-state index in [0.717, 1.165) is 11.3 Å². The summed E-state index contributed by atoms with van der Waals surface area (Å²) in [6.45, 7) is 0. The molecule has 0 spiro atoms. The zero-order valence-corrected chi connectivity index (χ0v) is 14.7. The van der Waals surface area contributed by atoms with E-state index in [2.05, 4.69) is 20.5 Å². The Morgan fingerprint density at radius 1 is 1.20 bits per heavy atom. The normalized spacial score (nSPS) is 11.5. The molecule has 0 saturated heterocycles. The van der Waals surface area contributed by atoms with Crippen LogP contribution in [0.1, 0.15) is 5.01 Å². The van der Waals surface area contributed by atoms with Gasteiger partial charge in [0, 0.05) is 10.9 Å². The summed E-state index contributed by atoms with van der Waals surface area (Å²) in [6, 6.07) is 9.60. The molecule has 0 bridgehead atoms. The van der Waals surface area contributed by atoms with Crippen molar-refractivity contribution in [1.82, 2.24) is 15.2 Å². The van der Waals surface area contributed by atoms with Gasteiger partial charge >= 0.3 is 6.18 Å². The van der Waals surface area contributed by atoms with Crippen LogP contribution in [0.5, 0.6) is 0 Å². The second-order valence-corrected chi connectivity index (χ2v) is 7.67. The minimum atomic E-state index is -4.57. The van der Waals surface area contributed by atoms with Crippen LogP contribution in [0.3, 0.4) is 0 Å². The third-order valence-electron chi connectivity index (χ3n) is 2.79. The van der Waals surface area contributed by atoms with E-state index < -0.39 is 17.1 Å². The highest BCUT2D eigenvalue weighted by Crippen LogP contribution is 2.33. The molecule has 1 aromatic carbocycles. The second kappa shape index (κ2) is 7.50. The van der Waals surface area contributed by atoms with Crippen molar-refractivity contribution in [3.05, 3.63) is 40.7 Å². The van der Waals surface area contributed by atoms with Crippen molar-refractivity contribution in [2.45, 2.75) is 10.5 Å². The summed E-state index contributed by atoms with van der Waals surface area (Å²) in [6.07, 6.45) is -4.57. The Morgan fingerprint density at radius 3 is 2.64 bits per heavy atom. The molecule has 0 saturated carbocycles. The van der Waals surface area contributed by atoms with Crippen LogP contribution in [0.15, 0.2) is 40.1 Å². The van der Waals surface area contributed by atoms with Gasteiger partial charge in [-0.2, -0.15) is 13.2 Å². The molecule has 1 N–H and O–H groups in total. The lowest BCUT2D eigenvalue weighted by atomic mass is 10.2. The summed E-state index contributed by atoms with van der Waals surface area (Å²) in [5.41, 5.74) is 1.79. The van der Waals surface area contributed by atoms with Gasteiger partial charge in [0.1, 0.15) is 0 Å². The number of halogens is 3. The van der Waals surface area contributed by atoms with E-state index in [9.17, 15) is 18.0 Å². The number of nitrogens with one attached hydrogen (secondary N) is 1. The van der Waals surface area contributed by atoms with E-state index in [1.54, 1.807) is 0 Å². The lowest BCUT2D eigenvalue weighted by Crippen LogP contribution is -2.13. The molecule has 0 aliphatic carbocycles. The third kappa shape index (κ3) is 4.77. The highest BCUT2D eigenvalue weighted by atomic mass is 32.2. The molecular formula is C14H9F3N4OS3. The molecule has 25 heavy (non-hydrogen) atoms. The van der Waals surface area contributed by atoms with E-state index in [0.29, 0.717) is 4.34 Å². The number of rotatable bonds is 5. The summed E-state index contributed by atoms with van der Waals surface area (Å²) < 4.78 is 38.0. The second-order valence-electron chi connectivity index (χ2n) is 4.61. The van der Waals surface area contributed by atoms with Crippen LogP contribution in [0, 0.1) is 0 Å².